The molecule has 0 saturated heterocycles. The Balaban J connectivity index is 1.85. The molecule has 2 N–H and O–H groups in total. The minimum atomic E-state index is -0.0699. The van der Waals surface area contributed by atoms with Gasteiger partial charge in [0.2, 0.25) is 0 Å². The first-order chi connectivity index (χ1) is 10.2. The molecule has 1 aromatic carbocycles. The van der Waals surface area contributed by atoms with Crippen molar-refractivity contribution in [2.24, 2.45) is 12.8 Å². The van der Waals surface area contributed by atoms with Gasteiger partial charge < -0.3 is 10.5 Å². The second kappa shape index (κ2) is 7.96. The molecule has 0 saturated carbocycles. The van der Waals surface area contributed by atoms with Gasteiger partial charge in [0, 0.05) is 31.5 Å². The van der Waals surface area contributed by atoms with Gasteiger partial charge in [-0.15, -0.1) is 0 Å². The van der Waals surface area contributed by atoms with Crippen molar-refractivity contribution >= 4 is 0 Å². The van der Waals surface area contributed by atoms with Gasteiger partial charge in [-0.3, -0.25) is 4.68 Å². The van der Waals surface area contributed by atoms with Gasteiger partial charge in [-0.05, 0) is 24.8 Å². The maximum Gasteiger partial charge on any atom is 0.101 e. The van der Waals surface area contributed by atoms with Crippen molar-refractivity contribution in [1.29, 1.82) is 0 Å². The molecule has 2 rings (SSSR count). The van der Waals surface area contributed by atoms with E-state index >= 15 is 0 Å². The van der Waals surface area contributed by atoms with Crippen molar-refractivity contribution < 1.29 is 4.74 Å². The zero-order chi connectivity index (χ0) is 15.1. The molecule has 0 radical (unpaired) electrons. The fourth-order valence-corrected chi connectivity index (χ4v) is 2.40. The molecule has 0 aliphatic carbocycles. The van der Waals surface area contributed by atoms with E-state index in [1.54, 1.807) is 4.68 Å². The van der Waals surface area contributed by atoms with Crippen LogP contribution in [0.4, 0.5) is 0 Å². The highest BCUT2D eigenvalue weighted by atomic mass is 16.5. The molecular weight excluding hydrogens is 262 g/mol. The van der Waals surface area contributed by atoms with Crippen LogP contribution in [0.3, 0.4) is 0 Å². The Morgan fingerprint density at radius 3 is 2.67 bits per heavy atom. The van der Waals surface area contributed by atoms with E-state index in [4.69, 9.17) is 10.5 Å². The van der Waals surface area contributed by atoms with Crippen LogP contribution in [0.1, 0.15) is 37.0 Å². The van der Waals surface area contributed by atoms with Crippen LogP contribution in [0.15, 0.2) is 42.7 Å². The Morgan fingerprint density at radius 1 is 1.29 bits per heavy atom. The molecule has 0 amide bonds. The van der Waals surface area contributed by atoms with Crippen LogP contribution < -0.4 is 5.73 Å². The molecule has 4 nitrogen and oxygen atoms in total. The maximum absolute atomic E-state index is 6.19. The summed E-state index contributed by atoms with van der Waals surface area (Å²) in [7, 11) is 1.91. The topological polar surface area (TPSA) is 53.1 Å². The second-order valence-electron chi connectivity index (χ2n) is 5.40. The zero-order valence-corrected chi connectivity index (χ0v) is 12.9. The summed E-state index contributed by atoms with van der Waals surface area (Å²) in [4.78, 5) is 0. The lowest BCUT2D eigenvalue weighted by Gasteiger charge is -2.22. The van der Waals surface area contributed by atoms with Crippen LogP contribution >= 0.6 is 0 Å². The highest BCUT2D eigenvalue weighted by Gasteiger charge is 2.20. The Morgan fingerprint density at radius 2 is 2.05 bits per heavy atom. The van der Waals surface area contributed by atoms with E-state index in [2.05, 4.69) is 36.3 Å². The molecule has 114 valence electrons. The van der Waals surface area contributed by atoms with Crippen molar-refractivity contribution in [2.75, 3.05) is 6.61 Å². The summed E-state index contributed by atoms with van der Waals surface area (Å²) < 4.78 is 7.83. The highest BCUT2D eigenvalue weighted by molar-refractivity contribution is 5.14. The number of nitrogens with two attached hydrogens (primary N) is 1. The van der Waals surface area contributed by atoms with Gasteiger partial charge in [0.1, 0.15) is 6.10 Å². The van der Waals surface area contributed by atoms with E-state index in [-0.39, 0.29) is 12.1 Å². The largest absolute Gasteiger partial charge is 0.372 e. The van der Waals surface area contributed by atoms with Crippen molar-refractivity contribution in [3.63, 3.8) is 0 Å². The van der Waals surface area contributed by atoms with E-state index in [9.17, 15) is 0 Å². The number of ether oxygens (including phenoxy) is 1. The number of rotatable bonds is 8. The lowest BCUT2D eigenvalue weighted by atomic mass is 10.0. The van der Waals surface area contributed by atoms with Gasteiger partial charge in [0.15, 0.2) is 0 Å². The summed E-state index contributed by atoms with van der Waals surface area (Å²) in [5, 5.41) is 4.21. The summed E-state index contributed by atoms with van der Waals surface area (Å²) in [6, 6.07) is 10.5. The SMILES string of the molecule is CCC(N)C(OCCCc1ccccc1)c1cnn(C)c1. The first kappa shape index (κ1) is 15.7. The molecule has 21 heavy (non-hydrogen) atoms. The lowest BCUT2D eigenvalue weighted by Crippen LogP contribution is -2.29. The number of benzene rings is 1. The van der Waals surface area contributed by atoms with Crippen LogP contribution in [0.2, 0.25) is 0 Å². The van der Waals surface area contributed by atoms with Crippen molar-refractivity contribution in [2.45, 2.75) is 38.3 Å². The van der Waals surface area contributed by atoms with Gasteiger partial charge in [0.25, 0.3) is 0 Å². The molecule has 4 heteroatoms. The van der Waals surface area contributed by atoms with E-state index in [1.807, 2.05) is 25.5 Å². The first-order valence-corrected chi connectivity index (χ1v) is 7.60. The fraction of sp³-hybridized carbons (Fsp3) is 0.471. The molecule has 1 heterocycles. The normalized spacial score (nSPS) is 14.0. The quantitative estimate of drug-likeness (QED) is 0.760. The van der Waals surface area contributed by atoms with E-state index in [1.165, 1.54) is 5.56 Å². The summed E-state index contributed by atoms with van der Waals surface area (Å²) >= 11 is 0. The molecule has 0 aliphatic rings. The number of nitrogens with zero attached hydrogens (tertiary/aromatic N) is 2. The van der Waals surface area contributed by atoms with Gasteiger partial charge in [-0.1, -0.05) is 37.3 Å². The summed E-state index contributed by atoms with van der Waals surface area (Å²) in [5.41, 5.74) is 8.60. The smallest absolute Gasteiger partial charge is 0.101 e. The lowest BCUT2D eigenvalue weighted by molar-refractivity contribution is 0.0321. The van der Waals surface area contributed by atoms with Crippen LogP contribution in [0.5, 0.6) is 0 Å². The Bertz CT molecular complexity index is 524. The van der Waals surface area contributed by atoms with Gasteiger partial charge in [-0.25, -0.2) is 0 Å². The van der Waals surface area contributed by atoms with Crippen molar-refractivity contribution in [1.82, 2.24) is 9.78 Å². The van der Waals surface area contributed by atoms with Crippen LogP contribution in [0.25, 0.3) is 0 Å². The van der Waals surface area contributed by atoms with Crippen molar-refractivity contribution in [3.05, 3.63) is 53.9 Å². The Kier molecular flexibility index (Phi) is 5.96. The molecule has 1 aromatic heterocycles. The molecule has 0 bridgehead atoms. The molecule has 0 spiro atoms. The average molecular weight is 287 g/mol. The second-order valence-corrected chi connectivity index (χ2v) is 5.40. The summed E-state index contributed by atoms with van der Waals surface area (Å²) in [5.74, 6) is 0. The zero-order valence-electron chi connectivity index (χ0n) is 12.9. The van der Waals surface area contributed by atoms with Crippen LogP contribution in [-0.2, 0) is 18.2 Å². The van der Waals surface area contributed by atoms with E-state index < -0.39 is 0 Å². The Labute approximate surface area is 126 Å². The Hall–Kier alpha value is -1.65. The predicted molar refractivity (Wildman–Crippen MR) is 84.9 cm³/mol. The monoisotopic (exact) mass is 287 g/mol. The minimum absolute atomic E-state index is 0.00549. The summed E-state index contributed by atoms with van der Waals surface area (Å²) in [6.07, 6.45) is 6.67. The standard InChI is InChI=1S/C17H25N3O/c1-3-16(18)17(15-12-19-20(2)13-15)21-11-7-10-14-8-5-4-6-9-14/h4-6,8-9,12-13,16-17H,3,7,10-11,18H2,1-2H3. The van der Waals surface area contributed by atoms with Crippen LogP contribution in [-0.4, -0.2) is 22.4 Å². The molecule has 2 aromatic rings. The molecule has 2 atom stereocenters. The summed E-state index contributed by atoms with van der Waals surface area (Å²) in [6.45, 7) is 2.80. The molecule has 0 fully saturated rings. The minimum Gasteiger partial charge on any atom is -0.372 e. The molecule has 2 unspecified atom stereocenters. The van der Waals surface area contributed by atoms with Gasteiger partial charge in [-0.2, -0.15) is 5.10 Å². The number of hydrogen-bond acceptors (Lipinski definition) is 3. The third kappa shape index (κ3) is 4.69. The van der Waals surface area contributed by atoms with Crippen molar-refractivity contribution in [3.8, 4) is 0 Å². The molecule has 0 aliphatic heterocycles. The van der Waals surface area contributed by atoms with E-state index in [0.717, 1.165) is 24.8 Å². The first-order valence-electron chi connectivity index (χ1n) is 7.60. The fourth-order valence-electron chi connectivity index (χ4n) is 2.40. The van der Waals surface area contributed by atoms with Gasteiger partial charge in [0.05, 0.1) is 6.20 Å². The van der Waals surface area contributed by atoms with E-state index in [0.29, 0.717) is 6.61 Å². The molecular formula is C17H25N3O. The highest BCUT2D eigenvalue weighted by Crippen LogP contribution is 2.22. The maximum atomic E-state index is 6.19. The number of aromatic nitrogens is 2. The number of aryl methyl sites for hydroxylation is 2. The van der Waals surface area contributed by atoms with Crippen LogP contribution in [0, 0.1) is 0 Å². The number of hydrogen-bond donors (Lipinski definition) is 1. The van der Waals surface area contributed by atoms with Gasteiger partial charge >= 0.3 is 0 Å². The third-order valence-electron chi connectivity index (χ3n) is 3.66. The average Bonchev–Trinajstić information content (AvgIpc) is 2.94. The predicted octanol–water partition coefficient (Wildman–Crippen LogP) is 2.85. The third-order valence-corrected chi connectivity index (χ3v) is 3.66.